The fourth-order valence-corrected chi connectivity index (χ4v) is 3.23. The summed E-state index contributed by atoms with van der Waals surface area (Å²) in [7, 11) is 0. The van der Waals surface area contributed by atoms with Crippen LogP contribution in [0.3, 0.4) is 0 Å². The number of tetrazole rings is 1. The topological polar surface area (TPSA) is 145 Å². The van der Waals surface area contributed by atoms with Crippen LogP contribution >= 0.6 is 0 Å². The summed E-state index contributed by atoms with van der Waals surface area (Å²) in [5.74, 6) is 0.227. The van der Waals surface area contributed by atoms with Gasteiger partial charge >= 0.3 is 6.03 Å². The Hall–Kier alpha value is -4.35. The monoisotopic (exact) mass is 406 g/mol. The molecule has 12 nitrogen and oxygen atoms in total. The van der Waals surface area contributed by atoms with Crippen molar-refractivity contribution in [1.29, 1.82) is 0 Å². The molecule has 3 amide bonds. The van der Waals surface area contributed by atoms with E-state index < -0.39 is 17.5 Å². The summed E-state index contributed by atoms with van der Waals surface area (Å²) in [6.07, 6.45) is 2.92. The zero-order valence-corrected chi connectivity index (χ0v) is 15.6. The molecule has 30 heavy (non-hydrogen) atoms. The first-order valence-electron chi connectivity index (χ1n) is 8.89. The van der Waals surface area contributed by atoms with Crippen LogP contribution < -0.4 is 5.32 Å². The van der Waals surface area contributed by atoms with Crippen molar-refractivity contribution in [2.45, 2.75) is 19.0 Å². The number of imide groups is 1. The number of nitrogens with zero attached hydrogens (tertiary/aromatic N) is 7. The van der Waals surface area contributed by atoms with Crippen molar-refractivity contribution in [3.63, 3.8) is 0 Å². The van der Waals surface area contributed by atoms with E-state index in [0.717, 1.165) is 4.90 Å². The number of hydrogen-bond donors (Lipinski definition) is 1. The van der Waals surface area contributed by atoms with E-state index >= 15 is 0 Å². The molecule has 4 heterocycles. The van der Waals surface area contributed by atoms with Crippen molar-refractivity contribution in [3.8, 4) is 17.3 Å². The van der Waals surface area contributed by atoms with Crippen molar-refractivity contribution >= 4 is 11.9 Å². The number of benzene rings is 1. The molecule has 12 heteroatoms. The molecule has 1 aromatic carbocycles. The summed E-state index contributed by atoms with van der Waals surface area (Å²) in [4.78, 5) is 26.8. The van der Waals surface area contributed by atoms with E-state index in [9.17, 15) is 9.59 Å². The van der Waals surface area contributed by atoms with Gasteiger partial charge in [0, 0.05) is 0 Å². The van der Waals surface area contributed by atoms with E-state index in [1.165, 1.54) is 17.3 Å². The lowest BCUT2D eigenvalue weighted by molar-refractivity contribution is -0.131. The molecule has 1 aliphatic heterocycles. The Morgan fingerprint density at radius 1 is 1.17 bits per heavy atom. The van der Waals surface area contributed by atoms with Gasteiger partial charge in [-0.2, -0.15) is 0 Å². The number of amides is 3. The second kappa shape index (κ2) is 6.62. The highest BCUT2D eigenvalue weighted by Crippen LogP contribution is 2.31. The van der Waals surface area contributed by atoms with Crippen LogP contribution in [0, 0.1) is 0 Å². The lowest BCUT2D eigenvalue weighted by atomic mass is 9.91. The van der Waals surface area contributed by atoms with Gasteiger partial charge < -0.3 is 14.2 Å². The summed E-state index contributed by atoms with van der Waals surface area (Å²) in [5.41, 5.74) is -0.0392. The molecule has 150 valence electrons. The Labute approximate surface area is 168 Å². The van der Waals surface area contributed by atoms with Gasteiger partial charge in [0.1, 0.15) is 18.4 Å². The van der Waals surface area contributed by atoms with Gasteiger partial charge in [0.05, 0.1) is 12.0 Å². The minimum Gasteiger partial charge on any atom is -0.459 e. The Balaban J connectivity index is 1.41. The number of furan rings is 1. The molecule has 1 atom stereocenters. The largest absolute Gasteiger partial charge is 0.459 e. The lowest BCUT2D eigenvalue weighted by Crippen LogP contribution is -2.40. The third kappa shape index (κ3) is 2.82. The van der Waals surface area contributed by atoms with Gasteiger partial charge in [-0.1, -0.05) is 12.1 Å². The molecule has 0 radical (unpaired) electrons. The fourth-order valence-electron chi connectivity index (χ4n) is 3.23. The van der Waals surface area contributed by atoms with Crippen LogP contribution in [0.15, 0.2) is 57.8 Å². The zero-order valence-electron chi connectivity index (χ0n) is 15.6. The highest BCUT2D eigenvalue weighted by molar-refractivity contribution is 6.07. The van der Waals surface area contributed by atoms with E-state index in [4.69, 9.17) is 8.83 Å². The van der Waals surface area contributed by atoms with E-state index in [2.05, 4.69) is 31.0 Å². The molecule has 0 aliphatic carbocycles. The third-order valence-electron chi connectivity index (χ3n) is 4.80. The predicted molar refractivity (Wildman–Crippen MR) is 97.6 cm³/mol. The minimum atomic E-state index is -1.27. The quantitative estimate of drug-likeness (QED) is 0.484. The summed E-state index contributed by atoms with van der Waals surface area (Å²) >= 11 is 0. The van der Waals surface area contributed by atoms with Crippen LogP contribution in [0.5, 0.6) is 0 Å². The van der Waals surface area contributed by atoms with Gasteiger partial charge in [-0.25, -0.2) is 9.48 Å². The summed E-state index contributed by atoms with van der Waals surface area (Å²) in [5, 5.41) is 21.6. The maximum Gasteiger partial charge on any atom is 0.325 e. The van der Waals surface area contributed by atoms with Gasteiger partial charge in [-0.3, -0.25) is 9.69 Å². The molecular formula is C18H14N8O4. The van der Waals surface area contributed by atoms with Crippen LogP contribution in [0.1, 0.15) is 18.4 Å². The Bertz CT molecular complexity index is 1220. The number of nitrogens with one attached hydrogen (secondary N) is 1. The summed E-state index contributed by atoms with van der Waals surface area (Å²) in [6.45, 7) is 1.47. The predicted octanol–water partition coefficient (Wildman–Crippen LogP) is 1.27. The van der Waals surface area contributed by atoms with Gasteiger partial charge in [0.2, 0.25) is 5.89 Å². The first-order chi connectivity index (χ1) is 14.5. The van der Waals surface area contributed by atoms with E-state index in [1.54, 1.807) is 43.3 Å². The molecule has 5 rings (SSSR count). The van der Waals surface area contributed by atoms with Crippen LogP contribution in [0.4, 0.5) is 4.79 Å². The Kier molecular flexibility index (Phi) is 3.91. The number of aromatic nitrogens is 6. The van der Waals surface area contributed by atoms with Crippen molar-refractivity contribution < 1.29 is 18.4 Å². The van der Waals surface area contributed by atoms with E-state index in [1.807, 2.05) is 0 Å². The van der Waals surface area contributed by atoms with E-state index in [-0.39, 0.29) is 18.3 Å². The summed E-state index contributed by atoms with van der Waals surface area (Å²) < 4.78 is 12.2. The molecule has 1 N–H and O–H groups in total. The number of urea groups is 1. The fraction of sp³-hybridized carbons (Fsp3) is 0.167. The molecule has 4 aromatic rings. The normalized spacial score (nSPS) is 18.8. The van der Waals surface area contributed by atoms with Gasteiger partial charge in [0.25, 0.3) is 11.8 Å². The van der Waals surface area contributed by atoms with Crippen molar-refractivity contribution in [2.24, 2.45) is 0 Å². The molecule has 1 aliphatic rings. The maximum atomic E-state index is 13.2. The van der Waals surface area contributed by atoms with Gasteiger partial charge in [0.15, 0.2) is 5.76 Å². The molecule has 1 saturated heterocycles. The number of carbonyl (C=O) groups is 2. The maximum absolute atomic E-state index is 13.2. The zero-order chi connectivity index (χ0) is 20.7. The van der Waals surface area contributed by atoms with Crippen molar-refractivity contribution in [2.75, 3.05) is 0 Å². The number of rotatable bonds is 5. The standard InChI is InChI=1S/C18H14N8O4/c1-18(11-4-2-5-12(8-11)26-10-19-23-24-26)16(27)25(17(28)20-18)9-14-21-22-15(30-14)13-6-3-7-29-13/h2-8,10H,9H2,1H3,(H,20,28)/t18-/m0/s1. The van der Waals surface area contributed by atoms with Crippen LogP contribution in [-0.4, -0.2) is 47.2 Å². The highest BCUT2D eigenvalue weighted by Gasteiger charge is 2.49. The van der Waals surface area contributed by atoms with Crippen LogP contribution in [0.25, 0.3) is 17.3 Å². The Morgan fingerprint density at radius 2 is 2.07 bits per heavy atom. The second-order valence-electron chi connectivity index (χ2n) is 6.73. The highest BCUT2D eigenvalue weighted by atomic mass is 16.4. The van der Waals surface area contributed by atoms with E-state index in [0.29, 0.717) is 17.0 Å². The van der Waals surface area contributed by atoms with Gasteiger partial charge in [-0.15, -0.1) is 15.3 Å². The van der Waals surface area contributed by atoms with Crippen LogP contribution in [0.2, 0.25) is 0 Å². The molecule has 0 unspecified atom stereocenters. The van der Waals surface area contributed by atoms with Crippen LogP contribution in [-0.2, 0) is 16.9 Å². The average molecular weight is 406 g/mol. The molecular weight excluding hydrogens is 392 g/mol. The van der Waals surface area contributed by atoms with Gasteiger partial charge in [-0.05, 0) is 47.2 Å². The number of carbonyl (C=O) groups excluding carboxylic acids is 2. The first-order valence-corrected chi connectivity index (χ1v) is 8.89. The molecule has 0 bridgehead atoms. The van der Waals surface area contributed by atoms with Crippen molar-refractivity contribution in [1.82, 2.24) is 40.6 Å². The molecule has 0 spiro atoms. The molecule has 1 fully saturated rings. The minimum absolute atomic E-state index is 0.108. The number of hydrogen-bond acceptors (Lipinski definition) is 9. The molecule has 3 aromatic heterocycles. The smallest absolute Gasteiger partial charge is 0.325 e. The van der Waals surface area contributed by atoms with Crippen molar-refractivity contribution in [3.05, 3.63) is 60.4 Å². The third-order valence-corrected chi connectivity index (χ3v) is 4.80. The average Bonchev–Trinajstić information content (AvgIpc) is 3.54. The second-order valence-corrected chi connectivity index (χ2v) is 6.73. The molecule has 0 saturated carbocycles. The Morgan fingerprint density at radius 3 is 2.83 bits per heavy atom. The lowest BCUT2D eigenvalue weighted by Gasteiger charge is -2.22. The first kappa shape index (κ1) is 17.7. The summed E-state index contributed by atoms with van der Waals surface area (Å²) in [6, 6.07) is 9.82. The SMILES string of the molecule is C[C@@]1(c2cccc(-n3cnnn3)c2)NC(=O)N(Cc2nnc(-c3ccco3)o2)C1=O.